The highest BCUT2D eigenvalue weighted by molar-refractivity contribution is 9.10. The maximum atomic E-state index is 5.70. The van der Waals surface area contributed by atoms with Crippen LogP contribution in [-0.2, 0) is 0 Å². The molecule has 0 amide bonds. The summed E-state index contributed by atoms with van der Waals surface area (Å²) in [4.78, 5) is 1.34. The van der Waals surface area contributed by atoms with Gasteiger partial charge < -0.3 is 5.73 Å². The summed E-state index contributed by atoms with van der Waals surface area (Å²) in [7, 11) is 0. The van der Waals surface area contributed by atoms with Crippen LogP contribution < -0.4 is 5.73 Å². The highest BCUT2D eigenvalue weighted by atomic mass is 79.9. The van der Waals surface area contributed by atoms with Gasteiger partial charge in [0.15, 0.2) is 0 Å². The molecule has 1 nitrogen and oxygen atoms in total. The quantitative estimate of drug-likeness (QED) is 0.626. The summed E-state index contributed by atoms with van der Waals surface area (Å²) in [6.07, 6.45) is 2.43. The molecule has 0 aromatic heterocycles. The molecule has 0 aliphatic rings. The minimum absolute atomic E-state index is 0.292. The third-order valence-corrected chi connectivity index (χ3v) is 4.26. The van der Waals surface area contributed by atoms with E-state index in [1.807, 2.05) is 11.8 Å². The van der Waals surface area contributed by atoms with E-state index >= 15 is 0 Å². The van der Waals surface area contributed by atoms with Crippen LogP contribution in [0.5, 0.6) is 0 Å². The van der Waals surface area contributed by atoms with Crippen LogP contribution in [0.1, 0.15) is 26.7 Å². The van der Waals surface area contributed by atoms with Crippen LogP contribution in [0, 0.1) is 5.41 Å². The molecule has 0 aliphatic carbocycles. The summed E-state index contributed by atoms with van der Waals surface area (Å²) >= 11 is 5.36. The van der Waals surface area contributed by atoms with Crippen molar-refractivity contribution < 1.29 is 0 Å². The Hall–Kier alpha value is 0.01000. The molecule has 0 bridgehead atoms. The zero-order valence-corrected chi connectivity index (χ0v) is 12.4. The Bertz CT molecular complexity index is 308. The molecule has 2 N–H and O–H groups in total. The summed E-state index contributed by atoms with van der Waals surface area (Å²) in [5.41, 5.74) is 6.00. The van der Waals surface area contributed by atoms with Gasteiger partial charge in [0.1, 0.15) is 0 Å². The van der Waals surface area contributed by atoms with E-state index in [0.29, 0.717) is 5.41 Å². The Kier molecular flexibility index (Phi) is 5.87. The average molecular weight is 302 g/mol. The molecule has 0 saturated carbocycles. The molecule has 90 valence electrons. The van der Waals surface area contributed by atoms with Crippen molar-refractivity contribution in [3.8, 4) is 0 Å². The second-order valence-electron chi connectivity index (χ2n) is 4.77. The van der Waals surface area contributed by atoms with Gasteiger partial charge in [-0.3, -0.25) is 0 Å². The monoisotopic (exact) mass is 301 g/mol. The first-order valence-corrected chi connectivity index (χ1v) is 7.40. The lowest BCUT2D eigenvalue weighted by atomic mass is 9.88. The molecule has 3 heteroatoms. The van der Waals surface area contributed by atoms with Crippen LogP contribution >= 0.6 is 27.7 Å². The Morgan fingerprint density at radius 1 is 1.25 bits per heavy atom. The number of rotatable bonds is 6. The summed E-state index contributed by atoms with van der Waals surface area (Å²) in [5.74, 6) is 1.17. The van der Waals surface area contributed by atoms with Crippen molar-refractivity contribution in [3.63, 3.8) is 0 Å². The predicted octanol–water partition coefficient (Wildman–Crippen LogP) is 4.31. The normalized spacial score (nSPS) is 11.8. The molecule has 0 spiro atoms. The molecular formula is C13H20BrNS. The maximum Gasteiger partial charge on any atom is 0.0176 e. The lowest BCUT2D eigenvalue weighted by molar-refractivity contribution is 0.345. The van der Waals surface area contributed by atoms with Gasteiger partial charge in [0.05, 0.1) is 0 Å². The largest absolute Gasteiger partial charge is 0.330 e. The van der Waals surface area contributed by atoms with Gasteiger partial charge in [-0.2, -0.15) is 0 Å². The first kappa shape index (κ1) is 14.1. The van der Waals surface area contributed by atoms with Crippen molar-refractivity contribution in [2.75, 3.05) is 12.3 Å². The van der Waals surface area contributed by atoms with Crippen molar-refractivity contribution in [2.45, 2.75) is 31.6 Å². The molecule has 0 aliphatic heterocycles. The molecule has 1 aromatic rings. The molecule has 0 atom stereocenters. The first-order valence-electron chi connectivity index (χ1n) is 5.62. The van der Waals surface area contributed by atoms with Gasteiger partial charge in [0.2, 0.25) is 0 Å². The maximum absolute atomic E-state index is 5.70. The van der Waals surface area contributed by atoms with E-state index < -0.39 is 0 Å². The minimum atomic E-state index is 0.292. The third kappa shape index (κ3) is 5.37. The molecule has 0 unspecified atom stereocenters. The summed E-state index contributed by atoms with van der Waals surface area (Å²) in [6.45, 7) is 5.24. The van der Waals surface area contributed by atoms with Crippen molar-refractivity contribution in [1.29, 1.82) is 0 Å². The van der Waals surface area contributed by atoms with Crippen LogP contribution in [0.25, 0.3) is 0 Å². The average Bonchev–Trinajstić information content (AvgIpc) is 2.27. The van der Waals surface area contributed by atoms with E-state index in [-0.39, 0.29) is 0 Å². The number of hydrogen-bond donors (Lipinski definition) is 1. The van der Waals surface area contributed by atoms with Gasteiger partial charge in [0.25, 0.3) is 0 Å². The van der Waals surface area contributed by atoms with Gasteiger partial charge in [-0.1, -0.05) is 29.8 Å². The smallest absolute Gasteiger partial charge is 0.0176 e. The molecule has 1 aromatic carbocycles. The third-order valence-electron chi connectivity index (χ3n) is 2.63. The van der Waals surface area contributed by atoms with E-state index in [0.717, 1.165) is 11.0 Å². The van der Waals surface area contributed by atoms with Gasteiger partial charge in [-0.25, -0.2) is 0 Å². The minimum Gasteiger partial charge on any atom is -0.330 e. The Labute approximate surface area is 111 Å². The summed E-state index contributed by atoms with van der Waals surface area (Å²) < 4.78 is 1.14. The standard InChI is InChI=1S/C13H20BrNS/c1-13(2,10-15)8-3-9-16-12-6-4-11(14)5-7-12/h4-7H,3,8-10,15H2,1-2H3. The molecular weight excluding hydrogens is 282 g/mol. The van der Waals surface area contributed by atoms with Crippen LogP contribution in [0.4, 0.5) is 0 Å². The van der Waals surface area contributed by atoms with E-state index in [9.17, 15) is 0 Å². The van der Waals surface area contributed by atoms with Crippen LogP contribution in [0.2, 0.25) is 0 Å². The van der Waals surface area contributed by atoms with Gasteiger partial charge in [-0.05, 0) is 54.8 Å². The van der Waals surface area contributed by atoms with Crippen LogP contribution in [0.15, 0.2) is 33.6 Å². The molecule has 0 heterocycles. The fourth-order valence-corrected chi connectivity index (χ4v) is 2.49. The Morgan fingerprint density at radius 2 is 1.88 bits per heavy atom. The Morgan fingerprint density at radius 3 is 2.44 bits per heavy atom. The molecule has 0 radical (unpaired) electrons. The van der Waals surface area contributed by atoms with Gasteiger partial charge in [0, 0.05) is 9.37 Å². The zero-order chi connectivity index (χ0) is 12.0. The fraction of sp³-hybridized carbons (Fsp3) is 0.538. The lowest BCUT2D eigenvalue weighted by Gasteiger charge is -2.21. The number of thioether (sulfide) groups is 1. The number of nitrogens with two attached hydrogens (primary N) is 1. The van der Waals surface area contributed by atoms with E-state index in [4.69, 9.17) is 5.73 Å². The molecule has 1 rings (SSSR count). The van der Waals surface area contributed by atoms with Crippen molar-refractivity contribution in [1.82, 2.24) is 0 Å². The van der Waals surface area contributed by atoms with Gasteiger partial charge >= 0.3 is 0 Å². The number of halogens is 1. The first-order chi connectivity index (χ1) is 7.53. The molecule has 0 saturated heterocycles. The summed E-state index contributed by atoms with van der Waals surface area (Å²) in [6, 6.07) is 8.49. The number of hydrogen-bond acceptors (Lipinski definition) is 2. The van der Waals surface area contributed by atoms with E-state index in [1.165, 1.54) is 23.5 Å². The van der Waals surface area contributed by atoms with Crippen LogP contribution in [0.3, 0.4) is 0 Å². The van der Waals surface area contributed by atoms with Crippen LogP contribution in [-0.4, -0.2) is 12.3 Å². The number of benzene rings is 1. The Balaban J connectivity index is 2.23. The SMILES string of the molecule is CC(C)(CN)CCCSc1ccc(Br)cc1. The molecule has 0 fully saturated rings. The fourth-order valence-electron chi connectivity index (χ4n) is 1.37. The van der Waals surface area contributed by atoms with Crippen molar-refractivity contribution in [2.24, 2.45) is 11.1 Å². The highest BCUT2D eigenvalue weighted by Gasteiger charge is 2.14. The van der Waals surface area contributed by atoms with Crippen molar-refractivity contribution in [3.05, 3.63) is 28.7 Å². The van der Waals surface area contributed by atoms with E-state index in [1.54, 1.807) is 0 Å². The zero-order valence-electron chi connectivity index (χ0n) is 10.0. The lowest BCUT2D eigenvalue weighted by Crippen LogP contribution is -2.23. The highest BCUT2D eigenvalue weighted by Crippen LogP contribution is 2.25. The van der Waals surface area contributed by atoms with E-state index in [2.05, 4.69) is 54.0 Å². The van der Waals surface area contributed by atoms with Crippen molar-refractivity contribution >= 4 is 27.7 Å². The predicted molar refractivity (Wildman–Crippen MR) is 76.9 cm³/mol. The second-order valence-corrected chi connectivity index (χ2v) is 6.86. The van der Waals surface area contributed by atoms with Gasteiger partial charge in [-0.15, -0.1) is 11.8 Å². The second kappa shape index (κ2) is 6.67. The summed E-state index contributed by atoms with van der Waals surface area (Å²) in [5, 5.41) is 0. The molecule has 16 heavy (non-hydrogen) atoms. The topological polar surface area (TPSA) is 26.0 Å².